The van der Waals surface area contributed by atoms with E-state index in [4.69, 9.17) is 0 Å². The van der Waals surface area contributed by atoms with Gasteiger partial charge in [-0.25, -0.2) is 0 Å². The van der Waals surface area contributed by atoms with Crippen molar-refractivity contribution in [3.63, 3.8) is 0 Å². The highest BCUT2D eigenvalue weighted by Crippen LogP contribution is 2.34. The lowest BCUT2D eigenvalue weighted by atomic mass is 9.85. The third-order valence-electron chi connectivity index (χ3n) is 4.54. The molecule has 0 saturated carbocycles. The predicted octanol–water partition coefficient (Wildman–Crippen LogP) is 3.52. The smallest absolute Gasteiger partial charge is 0.0504 e. The molecule has 1 fully saturated rings. The van der Waals surface area contributed by atoms with Gasteiger partial charge < -0.3 is 5.32 Å². The van der Waals surface area contributed by atoms with Gasteiger partial charge in [-0.05, 0) is 64.4 Å². The largest absolute Gasteiger partial charge is 0.309 e. The maximum atomic E-state index is 3.72. The van der Waals surface area contributed by atoms with Crippen molar-refractivity contribution in [2.24, 2.45) is 0 Å². The number of rotatable bonds is 5. The zero-order chi connectivity index (χ0) is 13.9. The monoisotopic (exact) mass is 260 g/mol. The van der Waals surface area contributed by atoms with Crippen LogP contribution in [0.3, 0.4) is 0 Å². The number of aryl methyl sites for hydroxylation is 1. The van der Waals surface area contributed by atoms with Gasteiger partial charge in [0.25, 0.3) is 0 Å². The molecule has 1 aliphatic rings. The summed E-state index contributed by atoms with van der Waals surface area (Å²) in [6.07, 6.45) is 2.69. The van der Waals surface area contributed by atoms with Gasteiger partial charge in [0, 0.05) is 5.54 Å². The molecule has 0 bridgehead atoms. The van der Waals surface area contributed by atoms with E-state index in [2.05, 4.69) is 62.2 Å². The van der Waals surface area contributed by atoms with Crippen LogP contribution in [-0.2, 0) is 0 Å². The Hall–Kier alpha value is -0.860. The number of hydrogen-bond donors (Lipinski definition) is 1. The second-order valence-electron chi connectivity index (χ2n) is 6.20. The highest BCUT2D eigenvalue weighted by Gasteiger charge is 2.37. The fraction of sp³-hybridized carbons (Fsp3) is 0.647. The van der Waals surface area contributed by atoms with Gasteiger partial charge in [-0.2, -0.15) is 0 Å². The molecule has 1 heterocycles. The van der Waals surface area contributed by atoms with Gasteiger partial charge in [-0.3, -0.25) is 4.90 Å². The van der Waals surface area contributed by atoms with E-state index in [0.717, 1.165) is 6.54 Å². The van der Waals surface area contributed by atoms with Gasteiger partial charge in [-0.1, -0.05) is 31.2 Å². The Morgan fingerprint density at radius 1 is 1.21 bits per heavy atom. The molecule has 1 aromatic carbocycles. The molecule has 1 aromatic rings. The first-order valence-electron chi connectivity index (χ1n) is 7.61. The van der Waals surface area contributed by atoms with Crippen LogP contribution in [0.4, 0.5) is 0 Å². The number of nitrogens with zero attached hydrogens (tertiary/aromatic N) is 1. The van der Waals surface area contributed by atoms with Gasteiger partial charge in [0.05, 0.1) is 6.04 Å². The summed E-state index contributed by atoms with van der Waals surface area (Å²) in [7, 11) is 0. The Labute approximate surface area is 118 Å². The molecule has 0 amide bonds. The van der Waals surface area contributed by atoms with Crippen molar-refractivity contribution in [3.8, 4) is 0 Å². The van der Waals surface area contributed by atoms with Crippen molar-refractivity contribution in [1.29, 1.82) is 0 Å². The Kier molecular flexibility index (Phi) is 4.64. The average molecular weight is 260 g/mol. The van der Waals surface area contributed by atoms with Crippen LogP contribution >= 0.6 is 0 Å². The first-order valence-corrected chi connectivity index (χ1v) is 7.61. The Balaban J connectivity index is 2.31. The van der Waals surface area contributed by atoms with Crippen LogP contribution in [0.15, 0.2) is 24.3 Å². The first kappa shape index (κ1) is 14.5. The van der Waals surface area contributed by atoms with E-state index >= 15 is 0 Å². The van der Waals surface area contributed by atoms with E-state index < -0.39 is 0 Å². The fourth-order valence-corrected chi connectivity index (χ4v) is 3.33. The van der Waals surface area contributed by atoms with Crippen LogP contribution in [0.2, 0.25) is 0 Å². The lowest BCUT2D eigenvalue weighted by Gasteiger charge is -2.43. The van der Waals surface area contributed by atoms with Gasteiger partial charge in [0.15, 0.2) is 0 Å². The van der Waals surface area contributed by atoms with Crippen molar-refractivity contribution in [2.75, 3.05) is 19.6 Å². The molecule has 0 aliphatic carbocycles. The molecule has 1 unspecified atom stereocenters. The maximum absolute atomic E-state index is 3.72. The van der Waals surface area contributed by atoms with Crippen molar-refractivity contribution < 1.29 is 0 Å². The van der Waals surface area contributed by atoms with Crippen LogP contribution < -0.4 is 5.32 Å². The zero-order valence-corrected chi connectivity index (χ0v) is 12.9. The Morgan fingerprint density at radius 2 is 1.84 bits per heavy atom. The van der Waals surface area contributed by atoms with Gasteiger partial charge >= 0.3 is 0 Å². The standard InChI is InChI=1S/C17H28N2/c1-5-18-16(15-11-7-6-10-14(15)2)17(3,4)19-12-8-9-13-19/h6-7,10-11,16,18H,5,8-9,12-13H2,1-4H3. The highest BCUT2D eigenvalue weighted by molar-refractivity contribution is 5.31. The highest BCUT2D eigenvalue weighted by atomic mass is 15.2. The summed E-state index contributed by atoms with van der Waals surface area (Å²) in [5.41, 5.74) is 3.00. The summed E-state index contributed by atoms with van der Waals surface area (Å²) in [6.45, 7) is 12.7. The van der Waals surface area contributed by atoms with Gasteiger partial charge in [-0.15, -0.1) is 0 Å². The number of likely N-dealkylation sites (N-methyl/N-ethyl adjacent to an activating group) is 1. The lowest BCUT2D eigenvalue weighted by Crippen LogP contribution is -2.51. The number of benzene rings is 1. The number of hydrogen-bond acceptors (Lipinski definition) is 2. The summed E-state index contributed by atoms with van der Waals surface area (Å²) in [6, 6.07) is 9.19. The van der Waals surface area contributed by atoms with Crippen LogP contribution in [0, 0.1) is 6.92 Å². The molecular weight excluding hydrogens is 232 g/mol. The Morgan fingerprint density at radius 3 is 2.42 bits per heavy atom. The third kappa shape index (κ3) is 3.01. The molecule has 1 atom stereocenters. The molecule has 1 N–H and O–H groups in total. The zero-order valence-electron chi connectivity index (χ0n) is 12.9. The topological polar surface area (TPSA) is 15.3 Å². The second kappa shape index (κ2) is 6.06. The minimum absolute atomic E-state index is 0.165. The molecule has 0 radical (unpaired) electrons. The van der Waals surface area contributed by atoms with Gasteiger partial charge in [0.2, 0.25) is 0 Å². The molecule has 2 heteroatoms. The second-order valence-corrected chi connectivity index (χ2v) is 6.20. The predicted molar refractivity (Wildman–Crippen MR) is 82.5 cm³/mol. The van der Waals surface area contributed by atoms with Crippen molar-refractivity contribution in [1.82, 2.24) is 10.2 Å². The molecule has 0 aromatic heterocycles. The van der Waals surface area contributed by atoms with E-state index in [1.807, 2.05) is 0 Å². The average Bonchev–Trinajstić information content (AvgIpc) is 2.91. The SMILES string of the molecule is CCNC(c1ccccc1C)C(C)(C)N1CCCC1. The fourth-order valence-electron chi connectivity index (χ4n) is 3.33. The van der Waals surface area contributed by atoms with Crippen LogP contribution in [0.25, 0.3) is 0 Å². The van der Waals surface area contributed by atoms with Crippen LogP contribution in [-0.4, -0.2) is 30.1 Å². The normalized spacial score (nSPS) is 18.7. The number of likely N-dealkylation sites (tertiary alicyclic amines) is 1. The maximum Gasteiger partial charge on any atom is 0.0504 e. The quantitative estimate of drug-likeness (QED) is 0.871. The summed E-state index contributed by atoms with van der Waals surface area (Å²) in [5, 5.41) is 3.72. The molecule has 0 spiro atoms. The summed E-state index contributed by atoms with van der Waals surface area (Å²) >= 11 is 0. The van der Waals surface area contributed by atoms with Crippen molar-refractivity contribution >= 4 is 0 Å². The molecule has 2 rings (SSSR count). The third-order valence-corrected chi connectivity index (χ3v) is 4.54. The van der Waals surface area contributed by atoms with E-state index in [9.17, 15) is 0 Å². The van der Waals surface area contributed by atoms with E-state index in [1.54, 1.807) is 0 Å². The minimum atomic E-state index is 0.165. The Bertz CT molecular complexity index is 405. The summed E-state index contributed by atoms with van der Waals surface area (Å²) in [4.78, 5) is 2.65. The van der Waals surface area contributed by atoms with E-state index in [-0.39, 0.29) is 5.54 Å². The molecule has 1 saturated heterocycles. The molecular formula is C17H28N2. The van der Waals surface area contributed by atoms with Gasteiger partial charge in [0.1, 0.15) is 0 Å². The van der Waals surface area contributed by atoms with Crippen LogP contribution in [0.1, 0.15) is 50.8 Å². The van der Waals surface area contributed by atoms with Crippen molar-refractivity contribution in [2.45, 2.75) is 52.1 Å². The summed E-state index contributed by atoms with van der Waals surface area (Å²) in [5.74, 6) is 0. The first-order chi connectivity index (χ1) is 9.07. The summed E-state index contributed by atoms with van der Waals surface area (Å²) < 4.78 is 0. The van der Waals surface area contributed by atoms with E-state index in [0.29, 0.717) is 6.04 Å². The molecule has 106 valence electrons. The van der Waals surface area contributed by atoms with E-state index in [1.165, 1.54) is 37.1 Å². The number of nitrogens with one attached hydrogen (secondary N) is 1. The lowest BCUT2D eigenvalue weighted by molar-refractivity contribution is 0.107. The minimum Gasteiger partial charge on any atom is -0.309 e. The molecule has 19 heavy (non-hydrogen) atoms. The molecule has 2 nitrogen and oxygen atoms in total. The molecule has 1 aliphatic heterocycles. The van der Waals surface area contributed by atoms with Crippen molar-refractivity contribution in [3.05, 3.63) is 35.4 Å². The van der Waals surface area contributed by atoms with Crippen LogP contribution in [0.5, 0.6) is 0 Å².